The van der Waals surface area contributed by atoms with Crippen molar-refractivity contribution < 1.29 is 39.9 Å². The number of halogens is 9. The van der Waals surface area contributed by atoms with Gasteiger partial charge in [0.15, 0.2) is 5.69 Å². The van der Waals surface area contributed by atoms with Crippen LogP contribution < -0.4 is 10.6 Å². The van der Waals surface area contributed by atoms with Gasteiger partial charge >= 0.3 is 18.3 Å². The molecule has 1 aromatic heterocycles. The number of carbonyl (C=O) groups excluding carboxylic acids is 1. The molecule has 5 rings (SSSR count). The molecule has 45 heavy (non-hydrogen) atoms. The van der Waals surface area contributed by atoms with Gasteiger partial charge in [0.25, 0.3) is 5.91 Å². The van der Waals surface area contributed by atoms with Gasteiger partial charge in [-0.3, -0.25) is 9.48 Å². The van der Waals surface area contributed by atoms with Crippen LogP contribution in [-0.4, -0.2) is 28.4 Å². The molecule has 3 aromatic carbocycles. The number of nitrogens with zero attached hydrogens (tertiary/aromatic N) is 2. The topological polar surface area (TPSA) is 59.0 Å². The maximum absolute atomic E-state index is 14.1. The van der Waals surface area contributed by atoms with E-state index in [1.54, 1.807) is 0 Å². The maximum Gasteiger partial charge on any atom is 0.459 e. The molecule has 1 amide bonds. The van der Waals surface area contributed by atoms with E-state index in [2.05, 4.69) is 15.7 Å². The summed E-state index contributed by atoms with van der Waals surface area (Å²) >= 11 is 6.58. The summed E-state index contributed by atoms with van der Waals surface area (Å²) in [6.07, 6.45) is -10.2. The lowest BCUT2D eigenvalue weighted by molar-refractivity contribution is -0.292. The molecule has 1 unspecified atom stereocenters. The summed E-state index contributed by atoms with van der Waals surface area (Å²) in [5, 5.41) is 8.63. The zero-order valence-corrected chi connectivity index (χ0v) is 24.0. The third kappa shape index (κ3) is 6.32. The number of carbonyl (C=O) groups is 1. The van der Waals surface area contributed by atoms with E-state index in [1.807, 2.05) is 60.7 Å². The molecule has 0 saturated carbocycles. The van der Waals surface area contributed by atoms with Gasteiger partial charge in [0.05, 0.1) is 0 Å². The van der Waals surface area contributed by atoms with Gasteiger partial charge in [-0.25, -0.2) is 0 Å². The van der Waals surface area contributed by atoms with Crippen LogP contribution in [0.3, 0.4) is 0 Å². The summed E-state index contributed by atoms with van der Waals surface area (Å²) < 4.78 is 109. The number of amides is 1. The van der Waals surface area contributed by atoms with Crippen molar-refractivity contribution in [2.75, 3.05) is 11.9 Å². The van der Waals surface area contributed by atoms with Crippen LogP contribution in [0.15, 0.2) is 78.4 Å². The van der Waals surface area contributed by atoms with Crippen molar-refractivity contribution in [2.45, 2.75) is 30.7 Å². The molecule has 2 N–H and O–H groups in total. The van der Waals surface area contributed by atoms with Crippen molar-refractivity contribution in [2.24, 2.45) is 7.05 Å². The highest BCUT2D eigenvalue weighted by molar-refractivity contribution is 6.31. The Hall–Kier alpha value is -4.23. The molecule has 236 valence electrons. The van der Waals surface area contributed by atoms with Gasteiger partial charge in [0.1, 0.15) is 11.3 Å². The van der Waals surface area contributed by atoms with Crippen molar-refractivity contribution in [1.82, 2.24) is 15.1 Å². The highest BCUT2D eigenvalue weighted by Crippen LogP contribution is 2.49. The maximum atomic E-state index is 14.1. The number of hydrogen-bond acceptors (Lipinski definition) is 3. The minimum absolute atomic E-state index is 0.0520. The first-order valence-corrected chi connectivity index (χ1v) is 13.7. The largest absolute Gasteiger partial charge is 0.459 e. The van der Waals surface area contributed by atoms with E-state index in [9.17, 15) is 39.9 Å². The highest BCUT2D eigenvalue weighted by Gasteiger charge is 2.64. The van der Waals surface area contributed by atoms with Gasteiger partial charge in [-0.15, -0.1) is 0 Å². The molecule has 5 nitrogen and oxygen atoms in total. The number of aryl methyl sites for hydroxylation is 1. The van der Waals surface area contributed by atoms with E-state index in [-0.39, 0.29) is 15.4 Å². The molecule has 0 bridgehead atoms. The molecule has 0 fully saturated rings. The summed E-state index contributed by atoms with van der Waals surface area (Å²) in [6, 6.07) is 21.2. The van der Waals surface area contributed by atoms with Crippen LogP contribution in [0.5, 0.6) is 0 Å². The lowest BCUT2D eigenvalue weighted by atomic mass is 9.88. The number of aromatic nitrogens is 2. The smallest absolute Gasteiger partial charge is 0.321 e. The Morgan fingerprint density at radius 2 is 1.56 bits per heavy atom. The van der Waals surface area contributed by atoms with E-state index >= 15 is 0 Å². The second-order valence-corrected chi connectivity index (χ2v) is 10.7. The van der Waals surface area contributed by atoms with Crippen LogP contribution in [0, 0.1) is 0 Å². The molecule has 1 heterocycles. The Morgan fingerprint density at radius 3 is 2.22 bits per heavy atom. The van der Waals surface area contributed by atoms with Crippen molar-refractivity contribution >= 4 is 29.3 Å². The average Bonchev–Trinajstić information content (AvgIpc) is 3.52. The van der Waals surface area contributed by atoms with E-state index in [0.717, 1.165) is 22.3 Å². The molecule has 0 saturated heterocycles. The first kappa shape index (κ1) is 32.2. The standard InChI is InChI=1S/C31H23ClF8N4O/c1-44-26(25(30(35,36)37)27(43-44)29(33,34)31(38,39)40)28(45)42-20-11-12-23(32)22(14-20)24-19(13-18-9-5-6-10-21(18)24)16-41-15-17-7-3-2-4-8-17/h2-14,24,41H,15-16H2,1H3,(H,42,45). The van der Waals surface area contributed by atoms with Crippen LogP contribution in [0.1, 0.15) is 49.9 Å². The number of hydrogen-bond donors (Lipinski definition) is 2. The Morgan fingerprint density at radius 1 is 0.889 bits per heavy atom. The van der Waals surface area contributed by atoms with Crippen LogP contribution in [-0.2, 0) is 25.7 Å². The van der Waals surface area contributed by atoms with E-state index < -0.39 is 47.1 Å². The summed E-state index contributed by atoms with van der Waals surface area (Å²) in [5.41, 5.74) is -2.46. The van der Waals surface area contributed by atoms with Crippen LogP contribution in [0.4, 0.5) is 40.8 Å². The molecule has 0 radical (unpaired) electrons. The predicted molar refractivity (Wildman–Crippen MR) is 152 cm³/mol. The average molecular weight is 655 g/mol. The number of anilines is 1. The summed E-state index contributed by atoms with van der Waals surface area (Å²) in [6.45, 7) is 0.994. The van der Waals surface area contributed by atoms with E-state index in [4.69, 9.17) is 11.6 Å². The van der Waals surface area contributed by atoms with Crippen molar-refractivity contribution in [3.8, 4) is 0 Å². The lowest BCUT2D eigenvalue weighted by Crippen LogP contribution is -2.36. The Balaban J connectivity index is 1.47. The zero-order chi connectivity index (χ0) is 32.7. The second-order valence-electron chi connectivity index (χ2n) is 10.3. The first-order valence-electron chi connectivity index (χ1n) is 13.3. The summed E-state index contributed by atoms with van der Waals surface area (Å²) in [4.78, 5) is 13.1. The Kier molecular flexibility index (Phi) is 8.53. The lowest BCUT2D eigenvalue weighted by Gasteiger charge is -2.21. The minimum atomic E-state index is -6.39. The van der Waals surface area contributed by atoms with Crippen LogP contribution in [0.2, 0.25) is 5.02 Å². The molecule has 0 aliphatic heterocycles. The molecule has 14 heteroatoms. The zero-order valence-electron chi connectivity index (χ0n) is 23.2. The number of rotatable bonds is 8. The Bertz CT molecular complexity index is 1760. The SMILES string of the molecule is Cn1nc(C(F)(F)C(F)(F)F)c(C(F)(F)F)c1C(=O)Nc1ccc(Cl)c(C2C(CNCc3ccccc3)=Cc3ccccc32)c1. The van der Waals surface area contributed by atoms with E-state index in [0.29, 0.717) is 25.7 Å². The molecule has 1 aliphatic rings. The fraction of sp³-hybridized carbons (Fsp3) is 0.226. The Labute approximate surface area is 256 Å². The van der Waals surface area contributed by atoms with E-state index in [1.165, 1.54) is 18.2 Å². The fourth-order valence-electron chi connectivity index (χ4n) is 5.30. The van der Waals surface area contributed by atoms with Gasteiger partial charge in [-0.1, -0.05) is 72.3 Å². The molecule has 4 aromatic rings. The third-order valence-corrected chi connectivity index (χ3v) is 7.63. The quantitative estimate of drug-likeness (QED) is 0.188. The van der Waals surface area contributed by atoms with Crippen molar-refractivity contribution in [3.63, 3.8) is 0 Å². The molecule has 1 aliphatic carbocycles. The van der Waals surface area contributed by atoms with Crippen LogP contribution >= 0.6 is 11.6 Å². The summed E-state index contributed by atoms with van der Waals surface area (Å²) in [7, 11) is 0.669. The number of fused-ring (bicyclic) bond motifs is 1. The van der Waals surface area contributed by atoms with Crippen LogP contribution in [0.25, 0.3) is 6.08 Å². The summed E-state index contributed by atoms with van der Waals surface area (Å²) in [5.74, 6) is -8.00. The molecule has 0 spiro atoms. The first-order chi connectivity index (χ1) is 21.1. The minimum Gasteiger partial charge on any atom is -0.321 e. The normalized spacial score (nSPS) is 15.2. The fourth-order valence-corrected chi connectivity index (χ4v) is 5.52. The molecular formula is C31H23ClF8N4O. The van der Waals surface area contributed by atoms with Crippen molar-refractivity contribution in [3.05, 3.63) is 123 Å². The number of alkyl halides is 8. The second kappa shape index (κ2) is 11.9. The van der Waals surface area contributed by atoms with Gasteiger partial charge in [0.2, 0.25) is 0 Å². The van der Waals surface area contributed by atoms with Crippen molar-refractivity contribution in [1.29, 1.82) is 0 Å². The molecular weight excluding hydrogens is 632 g/mol. The number of nitrogens with one attached hydrogen (secondary N) is 2. The van der Waals surface area contributed by atoms with Gasteiger partial charge in [-0.2, -0.15) is 40.2 Å². The number of benzene rings is 3. The van der Waals surface area contributed by atoms with Gasteiger partial charge in [-0.05, 0) is 46.0 Å². The highest BCUT2D eigenvalue weighted by atomic mass is 35.5. The predicted octanol–water partition coefficient (Wildman–Crippen LogP) is 8.32. The molecule has 1 atom stereocenters. The van der Waals surface area contributed by atoms with Gasteiger partial charge in [0, 0.05) is 36.8 Å². The van der Waals surface area contributed by atoms with Gasteiger partial charge < -0.3 is 10.6 Å². The monoisotopic (exact) mass is 654 g/mol. The third-order valence-electron chi connectivity index (χ3n) is 7.28.